The molecule has 0 aliphatic carbocycles. The summed E-state index contributed by atoms with van der Waals surface area (Å²) in [7, 11) is 1.32. The Kier molecular flexibility index (Phi) is 4.58. The summed E-state index contributed by atoms with van der Waals surface area (Å²) < 4.78 is 18.5. The van der Waals surface area contributed by atoms with Crippen LogP contribution in [0.4, 0.5) is 10.2 Å². The van der Waals surface area contributed by atoms with Gasteiger partial charge in [-0.3, -0.25) is 4.79 Å². The minimum atomic E-state index is -0.751. The van der Waals surface area contributed by atoms with E-state index in [-0.39, 0.29) is 18.3 Å². The average molecular weight is 255 g/mol. The van der Waals surface area contributed by atoms with E-state index in [1.54, 1.807) is 13.8 Å². The third-order valence-corrected chi connectivity index (χ3v) is 2.63. The Labute approximate surface area is 106 Å². The van der Waals surface area contributed by atoms with Crippen LogP contribution in [0, 0.1) is 11.2 Å². The first-order valence-corrected chi connectivity index (χ1v) is 5.74. The number of nitrogens with one attached hydrogen (secondary N) is 1. The van der Waals surface area contributed by atoms with E-state index in [2.05, 4.69) is 20.0 Å². The predicted molar refractivity (Wildman–Crippen MR) is 65.7 cm³/mol. The molecule has 1 N–H and O–H groups in total. The van der Waals surface area contributed by atoms with Crippen molar-refractivity contribution in [2.45, 2.75) is 27.2 Å². The van der Waals surface area contributed by atoms with Gasteiger partial charge in [-0.2, -0.15) is 0 Å². The Morgan fingerprint density at radius 1 is 1.50 bits per heavy atom. The van der Waals surface area contributed by atoms with Crippen LogP contribution in [0.2, 0.25) is 0 Å². The van der Waals surface area contributed by atoms with Crippen LogP contribution in [0.3, 0.4) is 0 Å². The van der Waals surface area contributed by atoms with Crippen molar-refractivity contribution >= 4 is 11.8 Å². The molecule has 0 aromatic carbocycles. The lowest BCUT2D eigenvalue weighted by atomic mass is 9.94. The third kappa shape index (κ3) is 3.15. The van der Waals surface area contributed by atoms with Crippen molar-refractivity contribution in [3.63, 3.8) is 0 Å². The van der Waals surface area contributed by atoms with Gasteiger partial charge in [-0.1, -0.05) is 6.92 Å². The van der Waals surface area contributed by atoms with Crippen molar-refractivity contribution in [3.05, 3.63) is 17.8 Å². The summed E-state index contributed by atoms with van der Waals surface area (Å²) in [5, 5.41) is 2.82. The molecule has 0 saturated carbocycles. The first-order valence-electron chi connectivity index (χ1n) is 5.74. The van der Waals surface area contributed by atoms with Gasteiger partial charge in [-0.15, -0.1) is 0 Å². The highest BCUT2D eigenvalue weighted by molar-refractivity contribution is 5.76. The zero-order valence-electron chi connectivity index (χ0n) is 11.1. The van der Waals surface area contributed by atoms with Crippen molar-refractivity contribution in [3.8, 4) is 0 Å². The van der Waals surface area contributed by atoms with Crippen LogP contribution in [-0.4, -0.2) is 29.6 Å². The van der Waals surface area contributed by atoms with E-state index < -0.39 is 11.2 Å². The van der Waals surface area contributed by atoms with Crippen LogP contribution in [-0.2, 0) is 16.0 Å². The van der Waals surface area contributed by atoms with Gasteiger partial charge in [-0.25, -0.2) is 14.4 Å². The van der Waals surface area contributed by atoms with Crippen LogP contribution in [0.15, 0.2) is 6.33 Å². The monoisotopic (exact) mass is 255 g/mol. The molecule has 0 saturated heterocycles. The molecular weight excluding hydrogens is 237 g/mol. The van der Waals surface area contributed by atoms with E-state index in [1.807, 2.05) is 6.92 Å². The first kappa shape index (κ1) is 14.3. The topological polar surface area (TPSA) is 64.1 Å². The van der Waals surface area contributed by atoms with Gasteiger partial charge < -0.3 is 10.1 Å². The van der Waals surface area contributed by atoms with Gasteiger partial charge in [0.05, 0.1) is 18.2 Å². The lowest BCUT2D eigenvalue weighted by Gasteiger charge is -2.22. The molecular formula is C12H18FN3O2. The Bertz CT molecular complexity index is 435. The summed E-state index contributed by atoms with van der Waals surface area (Å²) in [5.74, 6) is -0.723. The smallest absolute Gasteiger partial charge is 0.313 e. The van der Waals surface area contributed by atoms with Crippen molar-refractivity contribution < 1.29 is 13.9 Å². The van der Waals surface area contributed by atoms with Crippen LogP contribution in [0.5, 0.6) is 0 Å². The Morgan fingerprint density at radius 3 is 2.72 bits per heavy atom. The molecule has 0 aliphatic rings. The quantitative estimate of drug-likeness (QED) is 0.813. The lowest BCUT2D eigenvalue weighted by molar-refractivity contribution is -0.149. The number of carbonyl (C=O) groups excluding carboxylic acids is 1. The zero-order chi connectivity index (χ0) is 13.8. The number of carbonyl (C=O) groups is 1. The van der Waals surface area contributed by atoms with Crippen molar-refractivity contribution in [1.82, 2.24) is 9.97 Å². The number of hydrogen-bond donors (Lipinski definition) is 1. The number of rotatable bonds is 5. The maximum Gasteiger partial charge on any atom is 0.313 e. The van der Waals surface area contributed by atoms with E-state index in [9.17, 15) is 9.18 Å². The molecule has 0 radical (unpaired) electrons. The van der Waals surface area contributed by atoms with Crippen LogP contribution < -0.4 is 5.32 Å². The van der Waals surface area contributed by atoms with Crippen LogP contribution in [0.25, 0.3) is 0 Å². The Hall–Kier alpha value is -1.72. The predicted octanol–water partition coefficient (Wildman–Crippen LogP) is 1.79. The SMILES string of the molecule is CCc1ncnc(NCC(C)(C)C(=O)OC)c1F. The summed E-state index contributed by atoms with van der Waals surface area (Å²) in [6.07, 6.45) is 1.79. The van der Waals surface area contributed by atoms with E-state index in [0.717, 1.165) is 0 Å². The molecule has 0 amide bonds. The molecule has 1 rings (SSSR count). The van der Waals surface area contributed by atoms with Gasteiger partial charge in [-0.05, 0) is 20.3 Å². The van der Waals surface area contributed by atoms with Gasteiger partial charge in [0, 0.05) is 6.54 Å². The minimum Gasteiger partial charge on any atom is -0.469 e. The van der Waals surface area contributed by atoms with Crippen molar-refractivity contribution in [2.75, 3.05) is 19.0 Å². The summed E-state index contributed by atoms with van der Waals surface area (Å²) in [6, 6.07) is 0. The highest BCUT2D eigenvalue weighted by atomic mass is 19.1. The molecule has 1 heterocycles. The maximum atomic E-state index is 13.8. The molecule has 0 unspecified atom stereocenters. The Morgan fingerprint density at radius 2 is 2.17 bits per heavy atom. The first-order chi connectivity index (χ1) is 8.42. The summed E-state index contributed by atoms with van der Waals surface area (Å²) in [4.78, 5) is 19.1. The van der Waals surface area contributed by atoms with Crippen LogP contribution >= 0.6 is 0 Å². The standard InChI is InChI=1S/C12H18FN3O2/c1-5-8-9(13)10(16-7-15-8)14-6-12(2,3)11(17)18-4/h7H,5-6H2,1-4H3,(H,14,15,16). The molecule has 0 aliphatic heterocycles. The number of hydrogen-bond acceptors (Lipinski definition) is 5. The lowest BCUT2D eigenvalue weighted by Crippen LogP contribution is -2.33. The molecule has 0 atom stereocenters. The normalized spacial score (nSPS) is 11.2. The van der Waals surface area contributed by atoms with Crippen molar-refractivity contribution in [1.29, 1.82) is 0 Å². The van der Waals surface area contributed by atoms with E-state index >= 15 is 0 Å². The summed E-state index contributed by atoms with van der Waals surface area (Å²) in [6.45, 7) is 5.47. The molecule has 1 aromatic heterocycles. The molecule has 5 nitrogen and oxygen atoms in total. The largest absolute Gasteiger partial charge is 0.469 e. The third-order valence-electron chi connectivity index (χ3n) is 2.63. The minimum absolute atomic E-state index is 0.110. The van der Waals surface area contributed by atoms with Crippen molar-refractivity contribution in [2.24, 2.45) is 5.41 Å². The fourth-order valence-electron chi connectivity index (χ4n) is 1.43. The molecule has 0 bridgehead atoms. The van der Waals surface area contributed by atoms with E-state index in [0.29, 0.717) is 12.1 Å². The number of nitrogens with zero attached hydrogens (tertiary/aromatic N) is 2. The number of esters is 1. The number of aryl methyl sites for hydroxylation is 1. The van der Waals surface area contributed by atoms with Gasteiger partial charge in [0.1, 0.15) is 6.33 Å². The number of aromatic nitrogens is 2. The number of anilines is 1. The second-order valence-corrected chi connectivity index (χ2v) is 4.57. The molecule has 18 heavy (non-hydrogen) atoms. The van der Waals surface area contributed by atoms with E-state index in [4.69, 9.17) is 0 Å². The second-order valence-electron chi connectivity index (χ2n) is 4.57. The molecule has 1 aromatic rings. The summed E-state index contributed by atoms with van der Waals surface area (Å²) >= 11 is 0. The number of halogens is 1. The molecule has 0 spiro atoms. The highest BCUT2D eigenvalue weighted by Crippen LogP contribution is 2.19. The van der Waals surface area contributed by atoms with E-state index in [1.165, 1.54) is 13.4 Å². The van der Waals surface area contributed by atoms with Gasteiger partial charge >= 0.3 is 5.97 Å². The van der Waals surface area contributed by atoms with Crippen LogP contribution in [0.1, 0.15) is 26.5 Å². The van der Waals surface area contributed by atoms with Gasteiger partial charge in [0.2, 0.25) is 0 Å². The molecule has 0 fully saturated rings. The number of methoxy groups -OCH3 is 1. The second kappa shape index (κ2) is 5.75. The molecule has 6 heteroatoms. The molecule has 100 valence electrons. The zero-order valence-corrected chi connectivity index (χ0v) is 11.1. The highest BCUT2D eigenvalue weighted by Gasteiger charge is 2.29. The fraction of sp³-hybridized carbons (Fsp3) is 0.583. The number of ether oxygens (including phenoxy) is 1. The fourth-order valence-corrected chi connectivity index (χ4v) is 1.43. The van der Waals surface area contributed by atoms with Gasteiger partial charge in [0.15, 0.2) is 11.6 Å². The van der Waals surface area contributed by atoms with Gasteiger partial charge in [0.25, 0.3) is 0 Å². The summed E-state index contributed by atoms with van der Waals surface area (Å²) in [5.41, 5.74) is -0.401. The maximum absolute atomic E-state index is 13.8. The average Bonchev–Trinajstić information content (AvgIpc) is 2.36. The Balaban J connectivity index is 2.78.